The van der Waals surface area contributed by atoms with Crippen LogP contribution in [0.5, 0.6) is 0 Å². The SMILES string of the molecule is CCOC(=O)C1=C(C)NC2=C(C(=O)C[C@H](c3cccs3)C2)[C@H]1c1ccc(C)s1. The first-order chi connectivity index (χ1) is 13.5. The van der Waals surface area contributed by atoms with E-state index in [0.717, 1.165) is 33.1 Å². The molecular weight excluding hydrogens is 390 g/mol. The minimum Gasteiger partial charge on any atom is -0.463 e. The highest BCUT2D eigenvalue weighted by Crippen LogP contribution is 2.47. The van der Waals surface area contributed by atoms with Crippen molar-refractivity contribution in [3.63, 3.8) is 0 Å². The molecule has 0 saturated carbocycles. The zero-order valence-electron chi connectivity index (χ0n) is 16.2. The van der Waals surface area contributed by atoms with Crippen molar-refractivity contribution >= 4 is 34.4 Å². The summed E-state index contributed by atoms with van der Waals surface area (Å²) in [5.74, 6) is -0.368. The third kappa shape index (κ3) is 3.35. The first-order valence-corrected chi connectivity index (χ1v) is 11.2. The van der Waals surface area contributed by atoms with Gasteiger partial charge in [-0.05, 0) is 50.8 Å². The zero-order chi connectivity index (χ0) is 19.8. The van der Waals surface area contributed by atoms with Crippen LogP contribution in [0, 0.1) is 6.92 Å². The molecule has 0 radical (unpaired) electrons. The molecule has 2 atom stereocenters. The van der Waals surface area contributed by atoms with E-state index in [-0.39, 0.29) is 23.6 Å². The van der Waals surface area contributed by atoms with E-state index in [9.17, 15) is 9.59 Å². The average Bonchev–Trinajstić information content (AvgIpc) is 3.32. The van der Waals surface area contributed by atoms with Gasteiger partial charge in [0, 0.05) is 43.9 Å². The van der Waals surface area contributed by atoms with Gasteiger partial charge < -0.3 is 10.1 Å². The van der Waals surface area contributed by atoms with E-state index in [1.807, 2.05) is 32.0 Å². The standard InChI is InChI=1S/C22H23NO3S2/c1-4-26-22(25)19-13(3)23-15-10-14(17-6-5-9-27-17)11-16(24)20(15)21(19)18-8-7-12(2)28-18/h5-9,14,21,23H,4,10-11H2,1-3H3/t14-,21+/m1/s1. The molecule has 2 aliphatic rings. The number of hydrogen-bond acceptors (Lipinski definition) is 6. The van der Waals surface area contributed by atoms with E-state index in [2.05, 4.69) is 16.8 Å². The van der Waals surface area contributed by atoms with Gasteiger partial charge in [0.05, 0.1) is 18.1 Å². The summed E-state index contributed by atoms with van der Waals surface area (Å²) in [5.41, 5.74) is 3.04. The number of ether oxygens (including phenoxy) is 1. The van der Waals surface area contributed by atoms with Crippen molar-refractivity contribution in [3.8, 4) is 0 Å². The Bertz CT molecular complexity index is 981. The molecule has 146 valence electrons. The number of allylic oxidation sites excluding steroid dienone is 3. The molecule has 1 aliphatic carbocycles. The van der Waals surface area contributed by atoms with E-state index < -0.39 is 0 Å². The number of dihydropyridines is 1. The van der Waals surface area contributed by atoms with Gasteiger partial charge in [-0.25, -0.2) is 4.79 Å². The Morgan fingerprint density at radius 1 is 1.21 bits per heavy atom. The Labute approximate surface area is 172 Å². The molecule has 4 rings (SSSR count). The number of aryl methyl sites for hydroxylation is 1. The Balaban J connectivity index is 1.80. The van der Waals surface area contributed by atoms with Gasteiger partial charge in [-0.2, -0.15) is 0 Å². The summed E-state index contributed by atoms with van der Waals surface area (Å²) in [6.07, 6.45) is 1.27. The highest BCUT2D eigenvalue weighted by atomic mass is 32.1. The van der Waals surface area contributed by atoms with Gasteiger partial charge in [0.25, 0.3) is 0 Å². The van der Waals surface area contributed by atoms with Gasteiger partial charge in [0.1, 0.15) is 0 Å². The van der Waals surface area contributed by atoms with E-state index >= 15 is 0 Å². The lowest BCUT2D eigenvalue weighted by Crippen LogP contribution is -2.35. The summed E-state index contributed by atoms with van der Waals surface area (Å²) in [4.78, 5) is 29.5. The van der Waals surface area contributed by atoms with E-state index in [1.165, 1.54) is 4.88 Å². The van der Waals surface area contributed by atoms with Crippen LogP contribution in [0.2, 0.25) is 0 Å². The van der Waals surface area contributed by atoms with Crippen LogP contribution < -0.4 is 5.32 Å². The fraction of sp³-hybridized carbons (Fsp3) is 0.364. The van der Waals surface area contributed by atoms with Crippen LogP contribution in [0.3, 0.4) is 0 Å². The summed E-state index contributed by atoms with van der Waals surface area (Å²) in [6, 6.07) is 8.21. The third-order valence-corrected chi connectivity index (χ3v) is 7.41. The minimum absolute atomic E-state index is 0.123. The summed E-state index contributed by atoms with van der Waals surface area (Å²) >= 11 is 3.34. The second-order valence-corrected chi connectivity index (χ2v) is 9.50. The van der Waals surface area contributed by atoms with Crippen LogP contribution >= 0.6 is 22.7 Å². The zero-order valence-corrected chi connectivity index (χ0v) is 17.8. The molecule has 0 unspecified atom stereocenters. The Morgan fingerprint density at radius 2 is 2.04 bits per heavy atom. The van der Waals surface area contributed by atoms with Crippen molar-refractivity contribution in [2.75, 3.05) is 6.61 Å². The van der Waals surface area contributed by atoms with Crippen LogP contribution in [0.15, 0.2) is 52.2 Å². The maximum absolute atomic E-state index is 13.3. The molecule has 0 aromatic carbocycles. The van der Waals surface area contributed by atoms with Gasteiger partial charge in [-0.3, -0.25) is 4.79 Å². The van der Waals surface area contributed by atoms with Gasteiger partial charge in [0.15, 0.2) is 5.78 Å². The van der Waals surface area contributed by atoms with Crippen molar-refractivity contribution in [2.24, 2.45) is 0 Å². The number of ketones is 1. The molecule has 0 amide bonds. The number of esters is 1. The van der Waals surface area contributed by atoms with Gasteiger partial charge in [0.2, 0.25) is 0 Å². The lowest BCUT2D eigenvalue weighted by Gasteiger charge is -2.35. The molecule has 1 aliphatic heterocycles. The normalized spacial score (nSPS) is 22.2. The monoisotopic (exact) mass is 413 g/mol. The Morgan fingerprint density at radius 3 is 2.68 bits per heavy atom. The fourth-order valence-corrected chi connectivity index (χ4v) is 5.96. The second-order valence-electron chi connectivity index (χ2n) is 7.20. The topological polar surface area (TPSA) is 55.4 Å². The molecule has 2 aromatic heterocycles. The maximum atomic E-state index is 13.3. The summed E-state index contributed by atoms with van der Waals surface area (Å²) < 4.78 is 5.34. The van der Waals surface area contributed by atoms with Crippen LogP contribution in [0.25, 0.3) is 0 Å². The Kier molecular flexibility index (Phi) is 5.25. The minimum atomic E-state index is -0.344. The lowest BCUT2D eigenvalue weighted by molar-refractivity contribution is -0.138. The Hall–Kier alpha value is -2.18. The predicted octanol–water partition coefficient (Wildman–Crippen LogP) is 5.04. The first kappa shape index (κ1) is 19.2. The molecule has 28 heavy (non-hydrogen) atoms. The van der Waals surface area contributed by atoms with Crippen molar-refractivity contribution in [1.82, 2.24) is 5.32 Å². The van der Waals surface area contributed by atoms with Crippen molar-refractivity contribution in [1.29, 1.82) is 0 Å². The number of Topliss-reactive ketones (excluding diaryl/α,β-unsaturated/α-hetero) is 1. The molecule has 6 heteroatoms. The van der Waals surface area contributed by atoms with Crippen LogP contribution in [0.4, 0.5) is 0 Å². The van der Waals surface area contributed by atoms with Crippen LogP contribution in [0.1, 0.15) is 53.2 Å². The van der Waals surface area contributed by atoms with Gasteiger partial charge in [-0.15, -0.1) is 22.7 Å². The molecule has 1 N–H and O–H groups in total. The molecule has 0 saturated heterocycles. The molecule has 3 heterocycles. The van der Waals surface area contributed by atoms with Crippen molar-refractivity contribution in [3.05, 3.63) is 66.8 Å². The average molecular weight is 414 g/mol. The quantitative estimate of drug-likeness (QED) is 0.713. The molecule has 0 spiro atoms. The number of carbonyl (C=O) groups excluding carboxylic acids is 2. The molecule has 4 nitrogen and oxygen atoms in total. The lowest BCUT2D eigenvalue weighted by atomic mass is 9.74. The summed E-state index contributed by atoms with van der Waals surface area (Å²) in [5, 5.41) is 5.44. The number of rotatable bonds is 4. The molecular formula is C22H23NO3S2. The highest BCUT2D eigenvalue weighted by Gasteiger charge is 2.42. The van der Waals surface area contributed by atoms with Gasteiger partial charge in [-0.1, -0.05) is 6.07 Å². The van der Waals surface area contributed by atoms with E-state index in [4.69, 9.17) is 4.74 Å². The largest absolute Gasteiger partial charge is 0.463 e. The van der Waals surface area contributed by atoms with Gasteiger partial charge >= 0.3 is 5.97 Å². The molecule has 0 fully saturated rings. The summed E-state index contributed by atoms with van der Waals surface area (Å²) in [6.45, 7) is 6.06. The van der Waals surface area contributed by atoms with Crippen molar-refractivity contribution < 1.29 is 14.3 Å². The maximum Gasteiger partial charge on any atom is 0.336 e. The number of carbonyl (C=O) groups is 2. The molecule has 0 bridgehead atoms. The van der Waals surface area contributed by atoms with Crippen molar-refractivity contribution in [2.45, 2.75) is 45.4 Å². The predicted molar refractivity (Wildman–Crippen MR) is 113 cm³/mol. The van der Waals surface area contributed by atoms with E-state index in [0.29, 0.717) is 18.6 Å². The van der Waals surface area contributed by atoms with Crippen LogP contribution in [-0.2, 0) is 14.3 Å². The fourth-order valence-electron chi connectivity index (χ4n) is 4.14. The molecule has 2 aromatic rings. The number of hydrogen-bond donors (Lipinski definition) is 1. The highest BCUT2D eigenvalue weighted by molar-refractivity contribution is 7.12. The van der Waals surface area contributed by atoms with E-state index in [1.54, 1.807) is 29.6 Å². The second kappa shape index (κ2) is 7.68. The number of thiophene rings is 2. The first-order valence-electron chi connectivity index (χ1n) is 9.50. The summed E-state index contributed by atoms with van der Waals surface area (Å²) in [7, 11) is 0. The third-order valence-electron chi connectivity index (χ3n) is 5.31. The smallest absolute Gasteiger partial charge is 0.336 e. The number of nitrogens with one attached hydrogen (secondary N) is 1. The van der Waals surface area contributed by atoms with Crippen LogP contribution in [-0.4, -0.2) is 18.4 Å².